The summed E-state index contributed by atoms with van der Waals surface area (Å²) in [5.41, 5.74) is 10.3. The Hall–Kier alpha value is -2.37. The Morgan fingerprint density at radius 3 is 2.42 bits per heavy atom. The predicted molar refractivity (Wildman–Crippen MR) is 107 cm³/mol. The minimum absolute atomic E-state index is 0.162. The maximum Gasteiger partial charge on any atom is 0.240 e. The first-order chi connectivity index (χ1) is 12.5. The van der Waals surface area contributed by atoms with E-state index in [0.29, 0.717) is 0 Å². The molecule has 5 heteroatoms. The number of carbonyl (C=O) groups excluding carboxylic acids is 1. The zero-order valence-electron chi connectivity index (χ0n) is 15.6. The summed E-state index contributed by atoms with van der Waals surface area (Å²) in [6.07, 6.45) is 0. The molecule has 1 amide bonds. The number of rotatable bonds is 5. The van der Waals surface area contributed by atoms with Gasteiger partial charge in [-0.25, -0.2) is 0 Å². The molecule has 0 radical (unpaired) electrons. The number of aryl methyl sites for hydroxylation is 1. The molecule has 1 unspecified atom stereocenters. The fourth-order valence-corrected chi connectivity index (χ4v) is 3.20. The number of carbonyl (C=O) groups is 1. The number of nitrogens with two attached hydrogens (primary N) is 1. The largest absolute Gasteiger partial charge is 0.369 e. The lowest BCUT2D eigenvalue weighted by molar-refractivity contribution is -0.117. The summed E-state index contributed by atoms with van der Waals surface area (Å²) in [4.78, 5) is 16.6. The number of amides is 1. The second-order valence-electron chi connectivity index (χ2n) is 7.08. The standard InChI is InChI=1S/C21H28N4O/c1-16-4-3-5-20(14-16)25-12-10-24(11-13-25)15-18-6-8-19(9-7-18)23-21(26)17(2)22/h3-9,14,17H,10-13,15,22H2,1-2H3,(H,23,26). The number of hydrogen-bond donors (Lipinski definition) is 2. The van der Waals surface area contributed by atoms with Gasteiger partial charge in [-0.2, -0.15) is 0 Å². The van der Waals surface area contributed by atoms with Gasteiger partial charge in [-0.15, -0.1) is 0 Å². The van der Waals surface area contributed by atoms with E-state index in [4.69, 9.17) is 5.73 Å². The van der Waals surface area contributed by atoms with E-state index in [0.717, 1.165) is 38.4 Å². The van der Waals surface area contributed by atoms with Gasteiger partial charge < -0.3 is 16.0 Å². The van der Waals surface area contributed by atoms with Crippen molar-refractivity contribution >= 4 is 17.3 Å². The van der Waals surface area contributed by atoms with Crippen LogP contribution in [0.25, 0.3) is 0 Å². The van der Waals surface area contributed by atoms with Crippen LogP contribution in [0.5, 0.6) is 0 Å². The lowest BCUT2D eigenvalue weighted by Crippen LogP contribution is -2.45. The molecule has 1 fully saturated rings. The van der Waals surface area contributed by atoms with Gasteiger partial charge in [-0.1, -0.05) is 24.3 Å². The molecule has 1 aliphatic rings. The summed E-state index contributed by atoms with van der Waals surface area (Å²) in [5, 5.41) is 2.82. The topological polar surface area (TPSA) is 61.6 Å². The maximum absolute atomic E-state index is 11.6. The molecule has 3 rings (SSSR count). The van der Waals surface area contributed by atoms with Crippen molar-refractivity contribution in [3.63, 3.8) is 0 Å². The Morgan fingerprint density at radius 1 is 1.12 bits per heavy atom. The van der Waals surface area contributed by atoms with Gasteiger partial charge in [0.05, 0.1) is 6.04 Å². The highest BCUT2D eigenvalue weighted by Crippen LogP contribution is 2.19. The summed E-state index contributed by atoms with van der Waals surface area (Å²) in [5.74, 6) is -0.162. The first-order valence-electron chi connectivity index (χ1n) is 9.20. The molecule has 5 nitrogen and oxygen atoms in total. The van der Waals surface area contributed by atoms with Crippen molar-refractivity contribution in [3.8, 4) is 0 Å². The molecule has 0 bridgehead atoms. The summed E-state index contributed by atoms with van der Waals surface area (Å²) in [6.45, 7) is 8.95. The van der Waals surface area contributed by atoms with Gasteiger partial charge in [0.15, 0.2) is 0 Å². The van der Waals surface area contributed by atoms with Crippen molar-refractivity contribution in [3.05, 3.63) is 59.7 Å². The number of benzene rings is 2. The zero-order chi connectivity index (χ0) is 18.5. The van der Waals surface area contributed by atoms with E-state index >= 15 is 0 Å². The van der Waals surface area contributed by atoms with E-state index in [1.54, 1.807) is 6.92 Å². The van der Waals surface area contributed by atoms with Gasteiger partial charge in [-0.05, 0) is 49.2 Å². The average Bonchev–Trinajstić information content (AvgIpc) is 2.64. The van der Waals surface area contributed by atoms with Crippen LogP contribution in [0.15, 0.2) is 48.5 Å². The van der Waals surface area contributed by atoms with Gasteiger partial charge in [0, 0.05) is 44.1 Å². The molecule has 0 spiro atoms. The molecule has 1 aliphatic heterocycles. The van der Waals surface area contributed by atoms with Crippen LogP contribution in [0.3, 0.4) is 0 Å². The number of anilines is 2. The third kappa shape index (κ3) is 4.84. The quantitative estimate of drug-likeness (QED) is 0.868. The lowest BCUT2D eigenvalue weighted by atomic mass is 10.1. The van der Waals surface area contributed by atoms with Gasteiger partial charge in [0.1, 0.15) is 0 Å². The average molecular weight is 352 g/mol. The highest BCUT2D eigenvalue weighted by atomic mass is 16.2. The first kappa shape index (κ1) is 18.4. The van der Waals surface area contributed by atoms with E-state index in [9.17, 15) is 4.79 Å². The van der Waals surface area contributed by atoms with Gasteiger partial charge in [0.25, 0.3) is 0 Å². The number of nitrogens with zero attached hydrogens (tertiary/aromatic N) is 2. The number of hydrogen-bond acceptors (Lipinski definition) is 4. The summed E-state index contributed by atoms with van der Waals surface area (Å²) in [6, 6.07) is 16.2. The third-order valence-corrected chi connectivity index (χ3v) is 4.78. The smallest absolute Gasteiger partial charge is 0.240 e. The minimum Gasteiger partial charge on any atom is -0.369 e. The van der Waals surface area contributed by atoms with Gasteiger partial charge in [-0.3, -0.25) is 9.69 Å². The van der Waals surface area contributed by atoms with Crippen LogP contribution in [-0.2, 0) is 11.3 Å². The first-order valence-corrected chi connectivity index (χ1v) is 9.20. The monoisotopic (exact) mass is 352 g/mol. The van der Waals surface area contributed by atoms with E-state index in [1.807, 2.05) is 12.1 Å². The molecule has 138 valence electrons. The molecule has 26 heavy (non-hydrogen) atoms. The normalized spacial score (nSPS) is 16.3. The van der Waals surface area contributed by atoms with E-state index in [1.165, 1.54) is 16.8 Å². The van der Waals surface area contributed by atoms with Crippen molar-refractivity contribution in [1.82, 2.24) is 4.90 Å². The van der Waals surface area contributed by atoms with Crippen LogP contribution in [0.1, 0.15) is 18.1 Å². The summed E-state index contributed by atoms with van der Waals surface area (Å²) >= 11 is 0. The Morgan fingerprint density at radius 2 is 1.81 bits per heavy atom. The third-order valence-electron chi connectivity index (χ3n) is 4.78. The minimum atomic E-state index is -0.501. The zero-order valence-corrected chi connectivity index (χ0v) is 15.6. The van der Waals surface area contributed by atoms with Crippen LogP contribution in [0.4, 0.5) is 11.4 Å². The summed E-state index contributed by atoms with van der Waals surface area (Å²) in [7, 11) is 0. The Kier molecular flexibility index (Phi) is 5.91. The van der Waals surface area contributed by atoms with Crippen molar-refractivity contribution in [2.75, 3.05) is 36.4 Å². The maximum atomic E-state index is 11.6. The molecule has 3 N–H and O–H groups in total. The molecular formula is C21H28N4O. The van der Waals surface area contributed by atoms with Crippen molar-refractivity contribution < 1.29 is 4.79 Å². The summed E-state index contributed by atoms with van der Waals surface area (Å²) < 4.78 is 0. The second kappa shape index (κ2) is 8.34. The highest BCUT2D eigenvalue weighted by Gasteiger charge is 2.17. The number of nitrogens with one attached hydrogen (secondary N) is 1. The fourth-order valence-electron chi connectivity index (χ4n) is 3.20. The SMILES string of the molecule is Cc1cccc(N2CCN(Cc3ccc(NC(=O)C(C)N)cc3)CC2)c1. The molecule has 1 saturated heterocycles. The van der Waals surface area contributed by atoms with Crippen LogP contribution >= 0.6 is 0 Å². The van der Waals surface area contributed by atoms with Crippen LogP contribution in [0.2, 0.25) is 0 Å². The highest BCUT2D eigenvalue weighted by molar-refractivity contribution is 5.94. The molecule has 0 aromatic heterocycles. The molecule has 1 heterocycles. The fraction of sp³-hybridized carbons (Fsp3) is 0.381. The van der Waals surface area contributed by atoms with Crippen molar-refractivity contribution in [1.29, 1.82) is 0 Å². The number of piperazine rings is 1. The predicted octanol–water partition coefficient (Wildman–Crippen LogP) is 2.60. The second-order valence-corrected chi connectivity index (χ2v) is 7.08. The molecule has 0 saturated carbocycles. The van der Waals surface area contributed by atoms with Crippen LogP contribution in [-0.4, -0.2) is 43.0 Å². The Labute approximate surface area is 155 Å². The molecular weight excluding hydrogens is 324 g/mol. The molecule has 0 aliphatic carbocycles. The van der Waals surface area contributed by atoms with Gasteiger partial charge in [0.2, 0.25) is 5.91 Å². The molecule has 2 aromatic rings. The molecule has 1 atom stereocenters. The van der Waals surface area contributed by atoms with Gasteiger partial charge >= 0.3 is 0 Å². The van der Waals surface area contributed by atoms with Crippen LogP contribution in [0, 0.1) is 6.92 Å². The van der Waals surface area contributed by atoms with E-state index < -0.39 is 6.04 Å². The Bertz CT molecular complexity index is 734. The molecule has 2 aromatic carbocycles. The van der Waals surface area contributed by atoms with E-state index in [-0.39, 0.29) is 5.91 Å². The van der Waals surface area contributed by atoms with Crippen molar-refractivity contribution in [2.45, 2.75) is 26.4 Å². The van der Waals surface area contributed by atoms with Crippen molar-refractivity contribution in [2.24, 2.45) is 5.73 Å². The van der Waals surface area contributed by atoms with Crippen LogP contribution < -0.4 is 16.0 Å². The Balaban J connectivity index is 1.51. The lowest BCUT2D eigenvalue weighted by Gasteiger charge is -2.36. The van der Waals surface area contributed by atoms with E-state index in [2.05, 4.69) is 58.4 Å².